The van der Waals surface area contributed by atoms with E-state index in [0.717, 1.165) is 0 Å². The van der Waals surface area contributed by atoms with Crippen LogP contribution in [0.4, 0.5) is 0 Å². The van der Waals surface area contributed by atoms with Crippen molar-refractivity contribution in [2.45, 2.75) is 19.4 Å². The number of furan rings is 1. The van der Waals surface area contributed by atoms with E-state index >= 15 is 0 Å². The molecule has 0 bridgehead atoms. The van der Waals surface area contributed by atoms with Crippen LogP contribution in [-0.2, 0) is 4.79 Å². The minimum absolute atomic E-state index is 0.172. The minimum atomic E-state index is -1.34. The lowest BCUT2D eigenvalue weighted by Gasteiger charge is -2.20. The van der Waals surface area contributed by atoms with E-state index in [1.807, 2.05) is 0 Å². The number of carbonyl (C=O) groups excluding carboxylic acids is 1. The third kappa shape index (κ3) is 2.82. The average molecular weight is 280 g/mol. The molecule has 2 rings (SSSR count). The second-order valence-electron chi connectivity index (χ2n) is 4.40. The van der Waals surface area contributed by atoms with Gasteiger partial charge in [-0.15, -0.1) is 11.3 Å². The van der Waals surface area contributed by atoms with E-state index in [-0.39, 0.29) is 5.69 Å². The fourth-order valence-electron chi connectivity index (χ4n) is 1.29. The lowest BCUT2D eigenvalue weighted by Crippen LogP contribution is -2.49. The summed E-state index contributed by atoms with van der Waals surface area (Å²) >= 11 is 1.26. The molecule has 0 radical (unpaired) electrons. The smallest absolute Gasteiger partial charge is 0.328 e. The third-order valence-corrected chi connectivity index (χ3v) is 3.29. The molecule has 0 aliphatic heterocycles. The fraction of sp³-hybridized carbons (Fsp3) is 0.250. The quantitative estimate of drug-likeness (QED) is 0.893. The molecule has 0 aliphatic rings. The number of aromatic nitrogens is 1. The molecule has 0 atom stereocenters. The molecule has 0 aromatic carbocycles. The van der Waals surface area contributed by atoms with Gasteiger partial charge in [0.25, 0.3) is 5.91 Å². The van der Waals surface area contributed by atoms with Gasteiger partial charge in [-0.25, -0.2) is 9.78 Å². The van der Waals surface area contributed by atoms with Crippen molar-refractivity contribution in [3.63, 3.8) is 0 Å². The normalized spacial score (nSPS) is 11.3. The topological polar surface area (TPSA) is 92.4 Å². The number of carboxylic acids is 1. The van der Waals surface area contributed by atoms with Crippen LogP contribution in [0.25, 0.3) is 10.8 Å². The molecule has 2 N–H and O–H groups in total. The molecular formula is C12H12N2O4S. The number of hydrogen-bond acceptors (Lipinski definition) is 5. The van der Waals surface area contributed by atoms with Gasteiger partial charge in [0, 0.05) is 5.38 Å². The Kier molecular flexibility index (Phi) is 3.39. The molecule has 2 aromatic rings. The zero-order valence-electron chi connectivity index (χ0n) is 10.3. The molecule has 0 saturated heterocycles. The van der Waals surface area contributed by atoms with Crippen LogP contribution >= 0.6 is 11.3 Å². The summed E-state index contributed by atoms with van der Waals surface area (Å²) in [5, 5.41) is 13.5. The highest BCUT2D eigenvalue weighted by Gasteiger charge is 2.30. The van der Waals surface area contributed by atoms with Crippen LogP contribution in [0.5, 0.6) is 0 Å². The van der Waals surface area contributed by atoms with E-state index in [2.05, 4.69) is 10.3 Å². The van der Waals surface area contributed by atoms with Gasteiger partial charge in [0.05, 0.1) is 6.26 Å². The maximum Gasteiger partial charge on any atom is 0.328 e. The van der Waals surface area contributed by atoms with Crippen LogP contribution < -0.4 is 5.32 Å². The maximum absolute atomic E-state index is 11.9. The number of hydrogen-bond donors (Lipinski definition) is 2. The van der Waals surface area contributed by atoms with Crippen molar-refractivity contribution in [3.05, 3.63) is 29.5 Å². The lowest BCUT2D eigenvalue weighted by molar-refractivity contribution is -0.143. The first-order valence-electron chi connectivity index (χ1n) is 5.45. The molecule has 2 aromatic heterocycles. The molecule has 6 nitrogen and oxygen atoms in total. The molecule has 2 heterocycles. The van der Waals surface area contributed by atoms with Crippen LogP contribution in [-0.4, -0.2) is 27.5 Å². The summed E-state index contributed by atoms with van der Waals surface area (Å²) < 4.78 is 5.17. The van der Waals surface area contributed by atoms with Gasteiger partial charge >= 0.3 is 5.97 Å². The zero-order chi connectivity index (χ0) is 14.0. The summed E-state index contributed by atoms with van der Waals surface area (Å²) in [6, 6.07) is 3.46. The monoisotopic (exact) mass is 280 g/mol. The van der Waals surface area contributed by atoms with Crippen molar-refractivity contribution >= 4 is 23.2 Å². The van der Waals surface area contributed by atoms with E-state index in [9.17, 15) is 9.59 Å². The van der Waals surface area contributed by atoms with Crippen molar-refractivity contribution in [2.75, 3.05) is 0 Å². The number of carbonyl (C=O) groups is 2. The number of amides is 1. The molecule has 0 spiro atoms. The predicted octanol–water partition coefficient (Wildman–Crippen LogP) is 2.00. The van der Waals surface area contributed by atoms with Gasteiger partial charge in [-0.3, -0.25) is 4.79 Å². The summed E-state index contributed by atoms with van der Waals surface area (Å²) in [5.41, 5.74) is -1.17. The van der Waals surface area contributed by atoms with Crippen LogP contribution in [0.1, 0.15) is 24.3 Å². The maximum atomic E-state index is 11.9. The number of nitrogens with zero attached hydrogens (tertiary/aromatic N) is 1. The van der Waals surface area contributed by atoms with Gasteiger partial charge in [-0.05, 0) is 26.0 Å². The van der Waals surface area contributed by atoms with Crippen LogP contribution in [0.2, 0.25) is 0 Å². The van der Waals surface area contributed by atoms with Crippen LogP contribution in [0.3, 0.4) is 0 Å². The number of carboxylic acid groups (broad SMARTS) is 1. The van der Waals surface area contributed by atoms with Gasteiger partial charge in [0.1, 0.15) is 11.2 Å². The summed E-state index contributed by atoms with van der Waals surface area (Å²) in [6.45, 7) is 2.82. The summed E-state index contributed by atoms with van der Waals surface area (Å²) in [5.74, 6) is -1.06. The number of rotatable bonds is 4. The third-order valence-electron chi connectivity index (χ3n) is 2.43. The van der Waals surface area contributed by atoms with Crippen molar-refractivity contribution in [1.29, 1.82) is 0 Å². The largest absolute Gasteiger partial charge is 0.480 e. The summed E-state index contributed by atoms with van der Waals surface area (Å²) in [4.78, 5) is 26.9. The molecule has 0 unspecified atom stereocenters. The SMILES string of the molecule is CC(C)(NC(=O)c1csc(-c2ccco2)n1)C(=O)O. The highest BCUT2D eigenvalue weighted by atomic mass is 32.1. The van der Waals surface area contributed by atoms with E-state index in [4.69, 9.17) is 9.52 Å². The summed E-state index contributed by atoms with van der Waals surface area (Å²) in [6.07, 6.45) is 1.52. The van der Waals surface area contributed by atoms with Gasteiger partial charge in [0.15, 0.2) is 10.8 Å². The molecule has 19 heavy (non-hydrogen) atoms. The van der Waals surface area contributed by atoms with Crippen molar-refractivity contribution in [1.82, 2.24) is 10.3 Å². The van der Waals surface area contributed by atoms with Gasteiger partial charge in [0.2, 0.25) is 0 Å². The molecule has 1 amide bonds. The zero-order valence-corrected chi connectivity index (χ0v) is 11.2. The first-order valence-corrected chi connectivity index (χ1v) is 6.33. The first-order chi connectivity index (χ1) is 8.90. The number of nitrogens with one attached hydrogen (secondary N) is 1. The molecular weight excluding hydrogens is 268 g/mol. The molecule has 7 heteroatoms. The number of thiazole rings is 1. The second kappa shape index (κ2) is 4.85. The minimum Gasteiger partial charge on any atom is -0.480 e. The molecule has 100 valence electrons. The predicted molar refractivity (Wildman–Crippen MR) is 69.0 cm³/mol. The Morgan fingerprint density at radius 2 is 2.21 bits per heavy atom. The highest BCUT2D eigenvalue weighted by molar-refractivity contribution is 7.13. The van der Waals surface area contributed by atoms with Crippen molar-refractivity contribution in [2.24, 2.45) is 0 Å². The van der Waals surface area contributed by atoms with E-state index in [1.165, 1.54) is 31.4 Å². The van der Waals surface area contributed by atoms with Crippen molar-refractivity contribution < 1.29 is 19.1 Å². The van der Waals surface area contributed by atoms with Crippen LogP contribution in [0, 0.1) is 0 Å². The molecule has 0 saturated carbocycles. The Bertz CT molecular complexity index is 601. The Hall–Kier alpha value is -2.15. The fourth-order valence-corrected chi connectivity index (χ4v) is 2.06. The molecule has 0 fully saturated rings. The Morgan fingerprint density at radius 1 is 1.47 bits per heavy atom. The Balaban J connectivity index is 2.15. The molecule has 0 aliphatic carbocycles. The van der Waals surface area contributed by atoms with Gasteiger partial charge in [-0.2, -0.15) is 0 Å². The number of aliphatic carboxylic acids is 1. The highest BCUT2D eigenvalue weighted by Crippen LogP contribution is 2.24. The van der Waals surface area contributed by atoms with E-state index < -0.39 is 17.4 Å². The Labute approximate surface area is 113 Å². The Morgan fingerprint density at radius 3 is 2.79 bits per heavy atom. The van der Waals surface area contributed by atoms with Gasteiger partial charge < -0.3 is 14.8 Å². The average Bonchev–Trinajstić information content (AvgIpc) is 2.99. The first kappa shape index (κ1) is 13.3. The van der Waals surface area contributed by atoms with Crippen LogP contribution in [0.15, 0.2) is 28.2 Å². The summed E-state index contributed by atoms with van der Waals surface area (Å²) in [7, 11) is 0. The van der Waals surface area contributed by atoms with Crippen molar-refractivity contribution in [3.8, 4) is 10.8 Å². The second-order valence-corrected chi connectivity index (χ2v) is 5.26. The van der Waals surface area contributed by atoms with E-state index in [0.29, 0.717) is 10.8 Å². The standard InChI is InChI=1S/C12H12N2O4S/c1-12(2,11(16)17)14-9(15)7-6-19-10(13-7)8-4-3-5-18-8/h3-6H,1-2H3,(H,14,15)(H,16,17). The van der Waals surface area contributed by atoms with E-state index in [1.54, 1.807) is 17.5 Å². The lowest BCUT2D eigenvalue weighted by atomic mass is 10.1. The van der Waals surface area contributed by atoms with Gasteiger partial charge in [-0.1, -0.05) is 0 Å².